The molecule has 0 aliphatic heterocycles. The molecule has 0 radical (unpaired) electrons. The summed E-state index contributed by atoms with van der Waals surface area (Å²) in [5, 5.41) is 1.18. The first kappa shape index (κ1) is 11.7. The number of pyridine rings is 1. The van der Waals surface area contributed by atoms with Crippen LogP contribution in [0.5, 0.6) is 0 Å². The lowest BCUT2D eigenvalue weighted by molar-refractivity contribution is 1.15. The predicted octanol–water partition coefficient (Wildman–Crippen LogP) is 4.05. The third kappa shape index (κ3) is 2.06. The van der Waals surface area contributed by atoms with E-state index >= 15 is 0 Å². The quantitative estimate of drug-likeness (QED) is 0.695. The number of benzene rings is 2. The van der Waals surface area contributed by atoms with Crippen LogP contribution in [-0.4, -0.2) is 4.98 Å². The molecule has 3 aromatic rings. The zero-order valence-corrected chi connectivity index (χ0v) is 10.9. The summed E-state index contributed by atoms with van der Waals surface area (Å²) in [5.41, 5.74) is 11.5. The number of nitrogens with zero attached hydrogens (tertiary/aromatic N) is 1. The van der Waals surface area contributed by atoms with Crippen LogP contribution < -0.4 is 5.73 Å². The normalized spacial score (nSPS) is 10.8. The van der Waals surface area contributed by atoms with Gasteiger partial charge >= 0.3 is 0 Å². The number of hydrogen-bond acceptors (Lipinski definition) is 2. The van der Waals surface area contributed by atoms with Crippen LogP contribution >= 0.6 is 0 Å². The third-order valence-corrected chi connectivity index (χ3v) is 3.48. The minimum absolute atomic E-state index is 0.865. The van der Waals surface area contributed by atoms with Gasteiger partial charge < -0.3 is 5.73 Å². The van der Waals surface area contributed by atoms with Crippen molar-refractivity contribution in [3.05, 3.63) is 60.3 Å². The Balaban J connectivity index is 2.24. The summed E-state index contributed by atoms with van der Waals surface area (Å²) < 4.78 is 0. The summed E-state index contributed by atoms with van der Waals surface area (Å²) in [6.07, 6.45) is 2.77. The van der Waals surface area contributed by atoms with Gasteiger partial charge in [-0.25, -0.2) is 0 Å². The molecule has 1 heterocycles. The predicted molar refractivity (Wildman–Crippen MR) is 81.0 cm³/mol. The molecule has 19 heavy (non-hydrogen) atoms. The van der Waals surface area contributed by atoms with Crippen molar-refractivity contribution in [2.75, 3.05) is 5.73 Å². The monoisotopic (exact) mass is 248 g/mol. The highest BCUT2D eigenvalue weighted by Crippen LogP contribution is 2.29. The fourth-order valence-electron chi connectivity index (χ4n) is 2.43. The second kappa shape index (κ2) is 4.73. The Kier molecular flexibility index (Phi) is 2.92. The fourth-order valence-corrected chi connectivity index (χ4v) is 2.43. The molecule has 1 aromatic heterocycles. The highest BCUT2D eigenvalue weighted by Gasteiger charge is 2.06. The van der Waals surface area contributed by atoms with E-state index in [2.05, 4.69) is 36.2 Å². The molecule has 0 atom stereocenters. The zero-order chi connectivity index (χ0) is 13.2. The number of hydrogen-bond donors (Lipinski definition) is 1. The molecule has 0 saturated heterocycles. The van der Waals surface area contributed by atoms with Crippen molar-refractivity contribution in [1.29, 1.82) is 0 Å². The maximum Gasteiger partial charge on any atom is 0.0708 e. The van der Waals surface area contributed by atoms with E-state index in [1.54, 1.807) is 0 Å². The van der Waals surface area contributed by atoms with Gasteiger partial charge in [-0.05, 0) is 47.4 Å². The second-order valence-electron chi connectivity index (χ2n) is 4.64. The van der Waals surface area contributed by atoms with Gasteiger partial charge in [0.05, 0.1) is 5.52 Å². The van der Waals surface area contributed by atoms with Gasteiger partial charge in [0.15, 0.2) is 0 Å². The molecular weight excluding hydrogens is 232 g/mol. The van der Waals surface area contributed by atoms with Crippen molar-refractivity contribution in [3.63, 3.8) is 0 Å². The average Bonchev–Trinajstić information content (AvgIpc) is 2.47. The van der Waals surface area contributed by atoms with Gasteiger partial charge in [0.2, 0.25) is 0 Å². The first-order valence-electron chi connectivity index (χ1n) is 6.52. The molecular formula is C17H16N2. The minimum Gasteiger partial charge on any atom is -0.399 e. The van der Waals surface area contributed by atoms with Crippen molar-refractivity contribution in [1.82, 2.24) is 4.98 Å². The number of nitrogens with two attached hydrogens (primary N) is 1. The van der Waals surface area contributed by atoms with E-state index in [1.165, 1.54) is 22.1 Å². The van der Waals surface area contributed by atoms with Gasteiger partial charge in [0.25, 0.3) is 0 Å². The maximum absolute atomic E-state index is 5.98. The van der Waals surface area contributed by atoms with E-state index in [0.717, 1.165) is 17.6 Å². The van der Waals surface area contributed by atoms with E-state index in [-0.39, 0.29) is 0 Å². The van der Waals surface area contributed by atoms with E-state index in [4.69, 9.17) is 5.73 Å². The molecule has 0 saturated carbocycles. The molecule has 0 amide bonds. The summed E-state index contributed by atoms with van der Waals surface area (Å²) >= 11 is 0. The Morgan fingerprint density at radius 1 is 1.05 bits per heavy atom. The molecule has 0 aliphatic rings. The molecule has 0 bridgehead atoms. The molecule has 0 fully saturated rings. The number of aryl methyl sites for hydroxylation is 1. The van der Waals surface area contributed by atoms with Gasteiger partial charge in [-0.15, -0.1) is 0 Å². The van der Waals surface area contributed by atoms with Crippen molar-refractivity contribution >= 4 is 16.6 Å². The van der Waals surface area contributed by atoms with Gasteiger partial charge in [-0.1, -0.05) is 31.2 Å². The average molecular weight is 248 g/mol. The Bertz CT molecular complexity index is 727. The first-order chi connectivity index (χ1) is 9.29. The summed E-state index contributed by atoms with van der Waals surface area (Å²) in [5.74, 6) is 0. The summed E-state index contributed by atoms with van der Waals surface area (Å²) in [4.78, 5) is 4.40. The molecule has 94 valence electrons. The van der Waals surface area contributed by atoms with Gasteiger partial charge in [0.1, 0.15) is 0 Å². The maximum atomic E-state index is 5.98. The van der Waals surface area contributed by atoms with Gasteiger partial charge in [0, 0.05) is 17.3 Å². The highest BCUT2D eigenvalue weighted by atomic mass is 14.6. The minimum atomic E-state index is 0.865. The molecule has 0 aliphatic carbocycles. The van der Waals surface area contributed by atoms with Crippen molar-refractivity contribution in [2.24, 2.45) is 0 Å². The third-order valence-electron chi connectivity index (χ3n) is 3.48. The van der Waals surface area contributed by atoms with Gasteiger partial charge in [-0.2, -0.15) is 0 Å². The lowest BCUT2D eigenvalue weighted by atomic mass is 9.97. The lowest BCUT2D eigenvalue weighted by Gasteiger charge is -2.09. The standard InChI is InChI=1S/C17H16N2/c1-2-12-11-13(8-9-16(12)18)14-5-3-7-17-15(14)6-4-10-19-17/h3-11H,2,18H2,1H3. The van der Waals surface area contributed by atoms with Crippen LogP contribution in [0.15, 0.2) is 54.7 Å². The van der Waals surface area contributed by atoms with Crippen LogP contribution in [0, 0.1) is 0 Å². The molecule has 0 spiro atoms. The van der Waals surface area contributed by atoms with Crippen LogP contribution in [0.25, 0.3) is 22.0 Å². The van der Waals surface area contributed by atoms with Crippen LogP contribution in [0.2, 0.25) is 0 Å². The molecule has 2 aromatic carbocycles. The molecule has 0 unspecified atom stereocenters. The van der Waals surface area contributed by atoms with Gasteiger partial charge in [-0.3, -0.25) is 4.98 Å². The Morgan fingerprint density at radius 2 is 1.95 bits per heavy atom. The molecule has 3 rings (SSSR count). The molecule has 2 heteroatoms. The van der Waals surface area contributed by atoms with Crippen molar-refractivity contribution in [2.45, 2.75) is 13.3 Å². The van der Waals surface area contributed by atoms with Crippen LogP contribution in [0.3, 0.4) is 0 Å². The van der Waals surface area contributed by atoms with Crippen molar-refractivity contribution in [3.8, 4) is 11.1 Å². The van der Waals surface area contributed by atoms with Crippen LogP contribution in [-0.2, 0) is 6.42 Å². The number of anilines is 1. The number of rotatable bonds is 2. The van der Waals surface area contributed by atoms with E-state index in [9.17, 15) is 0 Å². The Morgan fingerprint density at radius 3 is 2.79 bits per heavy atom. The SMILES string of the molecule is CCc1cc(-c2cccc3ncccc23)ccc1N. The lowest BCUT2D eigenvalue weighted by Crippen LogP contribution is -1.93. The first-order valence-corrected chi connectivity index (χ1v) is 6.52. The molecule has 2 N–H and O–H groups in total. The largest absolute Gasteiger partial charge is 0.399 e. The summed E-state index contributed by atoms with van der Waals surface area (Å²) in [6, 6.07) is 16.6. The number of aromatic nitrogens is 1. The Hall–Kier alpha value is -2.35. The smallest absolute Gasteiger partial charge is 0.0708 e. The van der Waals surface area contributed by atoms with E-state index < -0.39 is 0 Å². The number of nitrogen functional groups attached to an aromatic ring is 1. The fraction of sp³-hybridized carbons (Fsp3) is 0.118. The van der Waals surface area contributed by atoms with Crippen molar-refractivity contribution < 1.29 is 0 Å². The Labute approximate surface area is 112 Å². The zero-order valence-electron chi connectivity index (χ0n) is 10.9. The molecule has 2 nitrogen and oxygen atoms in total. The topological polar surface area (TPSA) is 38.9 Å². The highest BCUT2D eigenvalue weighted by molar-refractivity contribution is 5.94. The van der Waals surface area contributed by atoms with Crippen LogP contribution in [0.4, 0.5) is 5.69 Å². The number of fused-ring (bicyclic) bond motifs is 1. The second-order valence-corrected chi connectivity index (χ2v) is 4.64. The van der Waals surface area contributed by atoms with E-state index in [1.807, 2.05) is 30.5 Å². The summed E-state index contributed by atoms with van der Waals surface area (Å²) in [7, 11) is 0. The van der Waals surface area contributed by atoms with Crippen LogP contribution in [0.1, 0.15) is 12.5 Å². The van der Waals surface area contributed by atoms with E-state index in [0.29, 0.717) is 0 Å². The summed E-state index contributed by atoms with van der Waals surface area (Å²) in [6.45, 7) is 2.13.